The van der Waals surface area contributed by atoms with Crippen LogP contribution in [0.2, 0.25) is 5.02 Å². The lowest BCUT2D eigenvalue weighted by Gasteiger charge is -2.49. The molecule has 3 aliphatic heterocycles. The molecule has 2 aromatic carbocycles. The molecule has 10 heteroatoms. The number of nitro benzene ring substituents is 1. The molecular formula is C27H34ClN5O4. The minimum Gasteiger partial charge on any atom is -0.379 e. The molecule has 0 bridgehead atoms. The van der Waals surface area contributed by atoms with E-state index in [0.29, 0.717) is 13.0 Å². The van der Waals surface area contributed by atoms with E-state index in [9.17, 15) is 14.9 Å². The van der Waals surface area contributed by atoms with Crippen molar-refractivity contribution in [3.8, 4) is 0 Å². The highest BCUT2D eigenvalue weighted by atomic mass is 35.5. The number of anilines is 1. The lowest BCUT2D eigenvalue weighted by molar-refractivity contribution is -0.384. The van der Waals surface area contributed by atoms with Crippen molar-refractivity contribution in [3.05, 3.63) is 68.7 Å². The molecule has 3 heterocycles. The third-order valence-electron chi connectivity index (χ3n) is 7.70. The van der Waals surface area contributed by atoms with Crippen LogP contribution >= 0.6 is 11.6 Å². The molecule has 5 rings (SSSR count). The Balaban J connectivity index is 1.28. The van der Waals surface area contributed by atoms with E-state index in [1.165, 1.54) is 5.56 Å². The number of nitro groups is 1. The van der Waals surface area contributed by atoms with E-state index >= 15 is 0 Å². The number of carbonyl (C=O) groups excluding carboxylic acids is 1. The van der Waals surface area contributed by atoms with Crippen molar-refractivity contribution in [2.75, 3.05) is 63.9 Å². The van der Waals surface area contributed by atoms with Crippen LogP contribution in [0, 0.1) is 16.0 Å². The van der Waals surface area contributed by atoms with Crippen LogP contribution in [0.25, 0.3) is 0 Å². The van der Waals surface area contributed by atoms with Crippen molar-refractivity contribution in [1.29, 1.82) is 0 Å². The molecule has 1 N–H and O–H groups in total. The monoisotopic (exact) mass is 527 g/mol. The van der Waals surface area contributed by atoms with Gasteiger partial charge in [0.15, 0.2) is 0 Å². The predicted molar refractivity (Wildman–Crippen MR) is 143 cm³/mol. The smallest absolute Gasteiger partial charge is 0.269 e. The second-order valence-electron chi connectivity index (χ2n) is 10.1. The Kier molecular flexibility index (Phi) is 8.24. The Bertz CT molecular complexity index is 1110. The van der Waals surface area contributed by atoms with Crippen LogP contribution in [-0.2, 0) is 22.5 Å². The Morgan fingerprint density at radius 1 is 1.08 bits per heavy atom. The van der Waals surface area contributed by atoms with Crippen LogP contribution in [0.5, 0.6) is 0 Å². The quantitative estimate of drug-likeness (QED) is 0.320. The summed E-state index contributed by atoms with van der Waals surface area (Å²) in [6, 6.07) is 13.0. The number of nitrogens with one attached hydrogen (secondary N) is 1. The molecule has 2 fully saturated rings. The molecule has 2 saturated heterocycles. The first-order valence-corrected chi connectivity index (χ1v) is 13.4. The van der Waals surface area contributed by atoms with Crippen molar-refractivity contribution in [2.45, 2.75) is 25.4 Å². The average molecular weight is 528 g/mol. The van der Waals surface area contributed by atoms with Crippen LogP contribution in [0.3, 0.4) is 0 Å². The molecule has 0 saturated carbocycles. The largest absolute Gasteiger partial charge is 0.379 e. The average Bonchev–Trinajstić information content (AvgIpc) is 2.92. The van der Waals surface area contributed by atoms with E-state index in [-0.39, 0.29) is 28.5 Å². The summed E-state index contributed by atoms with van der Waals surface area (Å²) in [4.78, 5) is 31.6. The van der Waals surface area contributed by atoms with Gasteiger partial charge in [0.2, 0.25) is 5.91 Å². The summed E-state index contributed by atoms with van der Waals surface area (Å²) in [5.74, 6) is -0.242. The molecule has 0 aromatic heterocycles. The van der Waals surface area contributed by atoms with E-state index in [0.717, 1.165) is 81.7 Å². The number of ether oxygens (including phenoxy) is 1. The van der Waals surface area contributed by atoms with Gasteiger partial charge in [-0.15, -0.1) is 0 Å². The van der Waals surface area contributed by atoms with Crippen molar-refractivity contribution >= 4 is 28.9 Å². The number of benzene rings is 2. The Labute approximate surface area is 222 Å². The number of hydrogen-bond donors (Lipinski definition) is 1. The lowest BCUT2D eigenvalue weighted by atomic mass is 9.83. The number of rotatable bonds is 8. The number of non-ortho nitro benzene ring substituents is 1. The van der Waals surface area contributed by atoms with Crippen LogP contribution < -0.4 is 10.2 Å². The van der Waals surface area contributed by atoms with Gasteiger partial charge >= 0.3 is 0 Å². The number of hydrogen-bond acceptors (Lipinski definition) is 7. The first-order valence-electron chi connectivity index (χ1n) is 13.1. The van der Waals surface area contributed by atoms with Gasteiger partial charge in [-0.25, -0.2) is 0 Å². The maximum atomic E-state index is 13.5. The van der Waals surface area contributed by atoms with Crippen LogP contribution in [0.4, 0.5) is 11.4 Å². The highest BCUT2D eigenvalue weighted by Gasteiger charge is 2.41. The van der Waals surface area contributed by atoms with Gasteiger partial charge in [-0.05, 0) is 48.7 Å². The van der Waals surface area contributed by atoms with E-state index < -0.39 is 0 Å². The summed E-state index contributed by atoms with van der Waals surface area (Å²) in [5.41, 5.74) is 3.15. The third kappa shape index (κ3) is 6.23. The fraction of sp³-hybridized carbons (Fsp3) is 0.519. The zero-order valence-electron chi connectivity index (χ0n) is 21.0. The fourth-order valence-corrected chi connectivity index (χ4v) is 5.87. The molecule has 9 nitrogen and oxygen atoms in total. The van der Waals surface area contributed by atoms with Gasteiger partial charge in [0.25, 0.3) is 5.69 Å². The summed E-state index contributed by atoms with van der Waals surface area (Å²) in [6.07, 6.45) is 1.39. The zero-order chi connectivity index (χ0) is 25.8. The van der Waals surface area contributed by atoms with Gasteiger partial charge in [-0.1, -0.05) is 23.7 Å². The Morgan fingerprint density at radius 3 is 2.62 bits per heavy atom. The zero-order valence-corrected chi connectivity index (χ0v) is 21.7. The van der Waals surface area contributed by atoms with E-state index in [2.05, 4.69) is 20.0 Å². The van der Waals surface area contributed by atoms with Gasteiger partial charge in [0.05, 0.1) is 30.1 Å². The molecule has 2 aromatic rings. The molecule has 37 heavy (non-hydrogen) atoms. The lowest BCUT2D eigenvalue weighted by Crippen LogP contribution is -2.61. The second kappa shape index (κ2) is 11.8. The van der Waals surface area contributed by atoms with Crippen LogP contribution in [0.1, 0.15) is 17.5 Å². The number of amides is 1. The SMILES string of the molecule is O=C(NCCCN1CCOCC1)[C@H]1Cc2cc([N+](=O)[O-])ccc2N2CCN(Cc3ccc(Cl)cc3)C[C@H]12. The minimum absolute atomic E-state index is 0.00856. The molecule has 2 atom stereocenters. The molecule has 0 aliphatic carbocycles. The van der Waals surface area contributed by atoms with Crippen LogP contribution in [-0.4, -0.2) is 85.7 Å². The number of carbonyl (C=O) groups is 1. The molecule has 1 amide bonds. The first kappa shape index (κ1) is 25.9. The van der Waals surface area contributed by atoms with Crippen molar-refractivity contribution < 1.29 is 14.5 Å². The summed E-state index contributed by atoms with van der Waals surface area (Å²) in [6.45, 7) is 8.14. The molecule has 3 aliphatic rings. The topological polar surface area (TPSA) is 91.2 Å². The van der Waals surface area contributed by atoms with Gasteiger partial charge < -0.3 is 15.0 Å². The summed E-state index contributed by atoms with van der Waals surface area (Å²) in [5, 5.41) is 15.3. The van der Waals surface area contributed by atoms with E-state index in [1.54, 1.807) is 12.1 Å². The minimum atomic E-state index is -0.364. The highest BCUT2D eigenvalue weighted by molar-refractivity contribution is 6.30. The number of nitrogens with zero attached hydrogens (tertiary/aromatic N) is 4. The Morgan fingerprint density at radius 2 is 1.86 bits per heavy atom. The Hall–Kier alpha value is -2.72. The molecule has 0 radical (unpaired) electrons. The maximum absolute atomic E-state index is 13.5. The van der Waals surface area contributed by atoms with Gasteiger partial charge in [-0.3, -0.25) is 24.7 Å². The standard InChI is InChI=1S/C27H34ClN5O4/c28-22-4-2-20(3-5-22)18-31-10-11-32-25-7-6-23(33(35)36)16-21(25)17-24(26(32)19-31)27(34)29-8-1-9-30-12-14-37-15-13-30/h2-7,16,24,26H,1,8-15,17-19H2,(H,29,34)/t24-,26+/m0/s1. The molecular weight excluding hydrogens is 494 g/mol. The molecule has 0 spiro atoms. The fourth-order valence-electron chi connectivity index (χ4n) is 5.74. The van der Waals surface area contributed by atoms with Crippen molar-refractivity contribution in [3.63, 3.8) is 0 Å². The number of morpholine rings is 1. The predicted octanol–water partition coefficient (Wildman–Crippen LogP) is 2.95. The van der Waals surface area contributed by atoms with Gasteiger partial charge in [-0.2, -0.15) is 0 Å². The molecule has 0 unspecified atom stereocenters. The van der Waals surface area contributed by atoms with Crippen molar-refractivity contribution in [1.82, 2.24) is 15.1 Å². The summed E-state index contributed by atoms with van der Waals surface area (Å²) in [7, 11) is 0. The van der Waals surface area contributed by atoms with E-state index in [4.69, 9.17) is 16.3 Å². The number of halogens is 1. The highest BCUT2D eigenvalue weighted by Crippen LogP contribution is 2.38. The number of fused-ring (bicyclic) bond motifs is 3. The number of piperazine rings is 1. The van der Waals surface area contributed by atoms with Crippen LogP contribution in [0.15, 0.2) is 42.5 Å². The third-order valence-corrected chi connectivity index (χ3v) is 7.95. The maximum Gasteiger partial charge on any atom is 0.269 e. The summed E-state index contributed by atoms with van der Waals surface area (Å²) < 4.78 is 5.41. The summed E-state index contributed by atoms with van der Waals surface area (Å²) >= 11 is 6.06. The van der Waals surface area contributed by atoms with E-state index in [1.807, 2.05) is 30.3 Å². The normalized spacial score (nSPS) is 22.2. The van der Waals surface area contributed by atoms with Gasteiger partial charge in [0, 0.05) is 68.7 Å². The van der Waals surface area contributed by atoms with Gasteiger partial charge in [0.1, 0.15) is 0 Å². The molecule has 198 valence electrons. The van der Waals surface area contributed by atoms with Crippen molar-refractivity contribution in [2.24, 2.45) is 5.92 Å². The first-order chi connectivity index (χ1) is 18.0. The second-order valence-corrected chi connectivity index (χ2v) is 10.5.